The summed E-state index contributed by atoms with van der Waals surface area (Å²) >= 11 is 1.59. The van der Waals surface area contributed by atoms with Gasteiger partial charge >= 0.3 is 0 Å². The Labute approximate surface area is 154 Å². The second-order valence-electron chi connectivity index (χ2n) is 6.88. The number of sulfone groups is 1. The number of aliphatic imine (C=N–C) groups is 1. The van der Waals surface area contributed by atoms with Gasteiger partial charge in [0.15, 0.2) is 5.96 Å². The zero-order chi connectivity index (χ0) is 18.7. The van der Waals surface area contributed by atoms with Crippen molar-refractivity contribution in [1.29, 1.82) is 0 Å². The molecule has 1 atom stereocenters. The van der Waals surface area contributed by atoms with E-state index in [1.54, 1.807) is 25.5 Å². The fraction of sp³-hybridized carbons (Fsp3) is 0.750. The Kier molecular flexibility index (Phi) is 6.45. The predicted octanol–water partition coefficient (Wildman–Crippen LogP) is 1.68. The maximum atomic E-state index is 11.6. The Morgan fingerprint density at radius 2 is 2.24 bits per heavy atom. The van der Waals surface area contributed by atoms with Crippen LogP contribution in [0.1, 0.15) is 36.6 Å². The molecule has 0 aliphatic heterocycles. The molecule has 9 heteroatoms. The van der Waals surface area contributed by atoms with E-state index in [9.17, 15) is 8.42 Å². The van der Waals surface area contributed by atoms with E-state index in [0.717, 1.165) is 29.5 Å². The van der Waals surface area contributed by atoms with E-state index in [-0.39, 0.29) is 17.3 Å². The number of hydrogen-bond acceptors (Lipinski definition) is 6. The molecular weight excluding hydrogens is 360 g/mol. The maximum absolute atomic E-state index is 11.6. The largest absolute Gasteiger partial charge is 0.375 e. The number of ether oxygens (including phenoxy) is 1. The van der Waals surface area contributed by atoms with E-state index in [1.807, 2.05) is 24.3 Å². The van der Waals surface area contributed by atoms with Gasteiger partial charge in [-0.05, 0) is 19.8 Å². The average Bonchev–Trinajstić information content (AvgIpc) is 3.11. The lowest BCUT2D eigenvalue weighted by molar-refractivity contribution is 0.119. The third-order valence-electron chi connectivity index (χ3n) is 4.39. The summed E-state index contributed by atoms with van der Waals surface area (Å²) in [6.45, 7) is 3.23. The second-order valence-corrected chi connectivity index (χ2v) is 9.91. The summed E-state index contributed by atoms with van der Waals surface area (Å²) in [5, 5.41) is 6.30. The van der Waals surface area contributed by atoms with Gasteiger partial charge in [-0.3, -0.25) is 4.99 Å². The molecule has 1 saturated carbocycles. The number of methoxy groups -OCH3 is 1. The number of nitrogens with one attached hydrogen (secondary N) is 1. The van der Waals surface area contributed by atoms with Crippen molar-refractivity contribution in [3.8, 4) is 0 Å². The lowest BCUT2D eigenvalue weighted by Crippen LogP contribution is -2.42. The molecule has 0 radical (unpaired) electrons. The van der Waals surface area contributed by atoms with Crippen molar-refractivity contribution in [2.24, 2.45) is 10.4 Å². The normalized spacial score (nSPS) is 18.0. The molecule has 1 aromatic heterocycles. The third kappa shape index (κ3) is 5.93. The average molecular weight is 389 g/mol. The van der Waals surface area contributed by atoms with Gasteiger partial charge in [0.25, 0.3) is 0 Å². The first kappa shape index (κ1) is 20.1. The highest BCUT2D eigenvalue weighted by Crippen LogP contribution is 2.46. The zero-order valence-corrected chi connectivity index (χ0v) is 17.2. The number of rotatable bonds is 8. The van der Waals surface area contributed by atoms with Gasteiger partial charge in [0, 0.05) is 44.8 Å². The number of guanidine groups is 1. The molecule has 0 aromatic carbocycles. The molecule has 1 heterocycles. The van der Waals surface area contributed by atoms with Crippen molar-refractivity contribution in [3.63, 3.8) is 0 Å². The minimum absolute atomic E-state index is 0.00721. The SMILES string of the molecule is CN=C(NCC1(CS(C)(=O)=O)CC1)N(C)Cc1csc(C(C)OC)n1. The maximum Gasteiger partial charge on any atom is 0.193 e. The quantitative estimate of drug-likeness (QED) is 0.539. The highest BCUT2D eigenvalue weighted by molar-refractivity contribution is 7.90. The van der Waals surface area contributed by atoms with Crippen LogP contribution in [0.3, 0.4) is 0 Å². The predicted molar refractivity (Wildman–Crippen MR) is 102 cm³/mol. The van der Waals surface area contributed by atoms with E-state index in [0.29, 0.717) is 13.1 Å². The van der Waals surface area contributed by atoms with Crippen molar-refractivity contribution in [1.82, 2.24) is 15.2 Å². The van der Waals surface area contributed by atoms with Gasteiger partial charge in [0.05, 0.1) is 18.0 Å². The topological polar surface area (TPSA) is 83.9 Å². The summed E-state index contributed by atoms with van der Waals surface area (Å²) in [5.41, 5.74) is 0.832. The zero-order valence-electron chi connectivity index (χ0n) is 15.6. The molecule has 0 spiro atoms. The van der Waals surface area contributed by atoms with Crippen molar-refractivity contribution in [2.45, 2.75) is 32.4 Å². The molecule has 1 fully saturated rings. The summed E-state index contributed by atoms with van der Waals surface area (Å²) < 4.78 is 28.4. The van der Waals surface area contributed by atoms with Crippen LogP contribution in [0.4, 0.5) is 0 Å². The Bertz CT molecular complexity index is 711. The Balaban J connectivity index is 1.91. The van der Waals surface area contributed by atoms with Gasteiger partial charge in [-0.15, -0.1) is 11.3 Å². The van der Waals surface area contributed by atoms with Gasteiger partial charge in [0.2, 0.25) is 0 Å². The van der Waals surface area contributed by atoms with Crippen LogP contribution < -0.4 is 5.32 Å². The fourth-order valence-corrected chi connectivity index (χ4v) is 5.10. The molecule has 25 heavy (non-hydrogen) atoms. The molecule has 7 nitrogen and oxygen atoms in total. The summed E-state index contributed by atoms with van der Waals surface area (Å²) in [6.07, 6.45) is 3.18. The lowest BCUT2D eigenvalue weighted by Gasteiger charge is -2.23. The standard InChI is InChI=1S/C16H28N4O3S2/c1-12(23-4)14-19-13(9-24-14)8-20(3)15(17-2)18-10-16(6-7-16)11-25(5,21)22/h9,12H,6-8,10-11H2,1-5H3,(H,17,18). The first-order chi connectivity index (χ1) is 11.7. The van der Waals surface area contributed by atoms with Gasteiger partial charge < -0.3 is 15.0 Å². The molecular formula is C16H28N4O3S2. The minimum Gasteiger partial charge on any atom is -0.375 e. The van der Waals surface area contributed by atoms with E-state index in [1.165, 1.54) is 6.26 Å². The smallest absolute Gasteiger partial charge is 0.193 e. The van der Waals surface area contributed by atoms with Crippen LogP contribution in [0.25, 0.3) is 0 Å². The molecule has 0 saturated heterocycles. The Hall–Kier alpha value is -1.19. The molecule has 1 aliphatic rings. The Morgan fingerprint density at radius 1 is 1.56 bits per heavy atom. The van der Waals surface area contributed by atoms with Crippen LogP contribution in [-0.2, 0) is 21.1 Å². The molecule has 1 aliphatic carbocycles. The summed E-state index contributed by atoms with van der Waals surface area (Å²) in [5.74, 6) is 0.979. The van der Waals surface area contributed by atoms with Gasteiger partial charge in [-0.1, -0.05) is 0 Å². The van der Waals surface area contributed by atoms with Crippen molar-refractivity contribution in [2.75, 3.05) is 39.8 Å². The Morgan fingerprint density at radius 3 is 2.76 bits per heavy atom. The number of thiazole rings is 1. The molecule has 0 bridgehead atoms. The van der Waals surface area contributed by atoms with Crippen LogP contribution in [0.15, 0.2) is 10.4 Å². The second kappa shape index (κ2) is 8.01. The highest BCUT2D eigenvalue weighted by Gasteiger charge is 2.45. The third-order valence-corrected chi connectivity index (χ3v) is 6.58. The van der Waals surface area contributed by atoms with Gasteiger partial charge in [-0.2, -0.15) is 0 Å². The van der Waals surface area contributed by atoms with Crippen molar-refractivity contribution < 1.29 is 13.2 Å². The molecule has 1 N–H and O–H groups in total. The molecule has 0 amide bonds. The molecule has 142 valence electrons. The van der Waals surface area contributed by atoms with Crippen molar-refractivity contribution in [3.05, 3.63) is 16.1 Å². The van der Waals surface area contributed by atoms with E-state index in [4.69, 9.17) is 4.74 Å². The lowest BCUT2D eigenvalue weighted by atomic mass is 10.1. The van der Waals surface area contributed by atoms with Crippen molar-refractivity contribution >= 4 is 27.1 Å². The monoisotopic (exact) mass is 388 g/mol. The molecule has 2 rings (SSSR count). The van der Waals surface area contributed by atoms with E-state index in [2.05, 4.69) is 15.3 Å². The summed E-state index contributed by atoms with van der Waals surface area (Å²) in [7, 11) is 2.39. The van der Waals surface area contributed by atoms with E-state index < -0.39 is 9.84 Å². The number of nitrogens with zero attached hydrogens (tertiary/aromatic N) is 3. The molecule has 1 aromatic rings. The van der Waals surface area contributed by atoms with Crippen LogP contribution >= 0.6 is 11.3 Å². The fourth-order valence-electron chi connectivity index (χ4n) is 2.76. The minimum atomic E-state index is -2.96. The van der Waals surface area contributed by atoms with Gasteiger partial charge in [-0.25, -0.2) is 13.4 Å². The first-order valence-electron chi connectivity index (χ1n) is 8.25. The first-order valence-corrected chi connectivity index (χ1v) is 11.2. The number of aromatic nitrogens is 1. The molecule has 1 unspecified atom stereocenters. The van der Waals surface area contributed by atoms with Crippen LogP contribution in [-0.4, -0.2) is 64.0 Å². The highest BCUT2D eigenvalue weighted by atomic mass is 32.2. The summed E-state index contributed by atoms with van der Waals surface area (Å²) in [6, 6.07) is 0. The van der Waals surface area contributed by atoms with Gasteiger partial charge in [0.1, 0.15) is 20.9 Å². The summed E-state index contributed by atoms with van der Waals surface area (Å²) in [4.78, 5) is 10.9. The van der Waals surface area contributed by atoms with Crippen LogP contribution in [0.2, 0.25) is 0 Å². The van der Waals surface area contributed by atoms with Crippen LogP contribution in [0.5, 0.6) is 0 Å². The van der Waals surface area contributed by atoms with E-state index >= 15 is 0 Å². The van der Waals surface area contributed by atoms with Crippen LogP contribution in [0, 0.1) is 5.41 Å². The number of hydrogen-bond donors (Lipinski definition) is 1.